The third-order valence-electron chi connectivity index (χ3n) is 6.31. The molecule has 0 heterocycles. The van der Waals surface area contributed by atoms with Gasteiger partial charge in [0.1, 0.15) is 40.2 Å². The Morgan fingerprint density at radius 3 is 1.42 bits per heavy atom. The maximum absolute atomic E-state index is 10.4. The van der Waals surface area contributed by atoms with E-state index in [4.69, 9.17) is 23.7 Å². The lowest BCUT2D eigenvalue weighted by Gasteiger charge is -2.13. The van der Waals surface area contributed by atoms with E-state index in [2.05, 4.69) is 6.07 Å². The van der Waals surface area contributed by atoms with Gasteiger partial charge in [0.25, 0.3) is 0 Å². The van der Waals surface area contributed by atoms with Crippen molar-refractivity contribution in [3.63, 3.8) is 0 Å². The number of aromatic hydroxyl groups is 1. The molecule has 4 rings (SSSR count). The number of benzene rings is 4. The van der Waals surface area contributed by atoms with Gasteiger partial charge < -0.3 is 28.8 Å². The van der Waals surface area contributed by atoms with Gasteiger partial charge in [0.2, 0.25) is 0 Å². The second kappa shape index (κ2) is 12.8. The summed E-state index contributed by atoms with van der Waals surface area (Å²) in [5.74, 6) is 4.44. The van der Waals surface area contributed by atoms with Gasteiger partial charge in [-0.15, -0.1) is 0 Å². The second-order valence-corrected chi connectivity index (χ2v) is 9.03. The molecule has 0 aromatic heterocycles. The number of rotatable bonds is 12. The molecule has 0 radical (unpaired) electrons. The molecule has 0 atom stereocenters. The van der Waals surface area contributed by atoms with Crippen LogP contribution in [0.25, 0.3) is 0 Å². The van der Waals surface area contributed by atoms with Gasteiger partial charge in [-0.3, -0.25) is 0 Å². The van der Waals surface area contributed by atoms with Crippen LogP contribution in [-0.2, 0) is 25.7 Å². The molecule has 0 aliphatic rings. The molecule has 0 amide bonds. The summed E-state index contributed by atoms with van der Waals surface area (Å²) in [5, 5.41) is 10.4. The summed E-state index contributed by atoms with van der Waals surface area (Å²) in [6.45, 7) is 0. The zero-order valence-electron chi connectivity index (χ0n) is 22.3. The standard InChI is InChI=1S/C32H34O6/c1-34-27-7-5-6-22(13-27)8-9-25-16-30(37-4)21-32(18-25)38-31-17-23(12-26(33)19-31)10-11-24-14-28(35-2)20-29(15-24)36-3/h5-7,12-21,33H,8-11H2,1-4H3. The number of phenolic OH excluding ortho intramolecular Hbond substituents is 1. The summed E-state index contributed by atoms with van der Waals surface area (Å²) in [6.07, 6.45) is 3.14. The summed E-state index contributed by atoms with van der Waals surface area (Å²) < 4.78 is 27.8. The topological polar surface area (TPSA) is 66.4 Å². The first kappa shape index (κ1) is 26.7. The average Bonchev–Trinajstić information content (AvgIpc) is 2.94. The van der Waals surface area contributed by atoms with E-state index in [9.17, 15) is 5.11 Å². The lowest BCUT2D eigenvalue weighted by Crippen LogP contribution is -1.96. The van der Waals surface area contributed by atoms with Gasteiger partial charge in [-0.05, 0) is 96.5 Å². The number of aryl methyl sites for hydroxylation is 4. The molecule has 4 aromatic rings. The van der Waals surface area contributed by atoms with E-state index in [0.717, 1.165) is 59.0 Å². The Hall–Kier alpha value is -4.32. The number of hydrogen-bond donors (Lipinski definition) is 1. The monoisotopic (exact) mass is 514 g/mol. The minimum Gasteiger partial charge on any atom is -0.508 e. The molecule has 0 unspecified atom stereocenters. The third-order valence-corrected chi connectivity index (χ3v) is 6.31. The van der Waals surface area contributed by atoms with Crippen molar-refractivity contribution in [2.24, 2.45) is 0 Å². The summed E-state index contributed by atoms with van der Waals surface area (Å²) in [4.78, 5) is 0. The minimum absolute atomic E-state index is 0.155. The SMILES string of the molecule is COc1cccc(CCc2cc(OC)cc(Oc3cc(O)cc(CCc4cc(OC)cc(OC)c4)c3)c2)c1. The van der Waals surface area contributed by atoms with E-state index in [1.54, 1.807) is 40.6 Å². The molecule has 38 heavy (non-hydrogen) atoms. The zero-order valence-corrected chi connectivity index (χ0v) is 22.3. The molecular formula is C32H34O6. The molecule has 0 aliphatic heterocycles. The molecule has 1 N–H and O–H groups in total. The van der Waals surface area contributed by atoms with E-state index < -0.39 is 0 Å². The Labute approximate surface area is 224 Å². The highest BCUT2D eigenvalue weighted by molar-refractivity contribution is 5.45. The van der Waals surface area contributed by atoms with Crippen LogP contribution >= 0.6 is 0 Å². The molecule has 0 saturated carbocycles. The number of ether oxygens (including phenoxy) is 5. The molecule has 198 valence electrons. The van der Waals surface area contributed by atoms with E-state index in [-0.39, 0.29) is 5.75 Å². The Morgan fingerprint density at radius 1 is 0.447 bits per heavy atom. The van der Waals surface area contributed by atoms with Crippen LogP contribution in [0.15, 0.2) is 78.9 Å². The maximum atomic E-state index is 10.4. The molecule has 0 saturated heterocycles. The van der Waals surface area contributed by atoms with E-state index in [0.29, 0.717) is 17.9 Å². The normalized spacial score (nSPS) is 10.6. The Balaban J connectivity index is 1.48. The van der Waals surface area contributed by atoms with Gasteiger partial charge >= 0.3 is 0 Å². The van der Waals surface area contributed by atoms with Gasteiger partial charge in [0, 0.05) is 18.2 Å². The predicted molar refractivity (Wildman–Crippen MR) is 149 cm³/mol. The third kappa shape index (κ3) is 7.35. The first-order valence-electron chi connectivity index (χ1n) is 12.5. The van der Waals surface area contributed by atoms with Crippen LogP contribution in [-0.4, -0.2) is 33.5 Å². The average molecular weight is 515 g/mol. The Bertz CT molecular complexity index is 1340. The van der Waals surface area contributed by atoms with Crippen molar-refractivity contribution in [1.29, 1.82) is 0 Å². The van der Waals surface area contributed by atoms with Crippen LogP contribution < -0.4 is 23.7 Å². The highest BCUT2D eigenvalue weighted by Gasteiger charge is 2.09. The fraction of sp³-hybridized carbons (Fsp3) is 0.250. The summed E-state index contributed by atoms with van der Waals surface area (Å²) in [7, 11) is 6.60. The van der Waals surface area contributed by atoms with Crippen molar-refractivity contribution < 1.29 is 28.8 Å². The number of hydrogen-bond acceptors (Lipinski definition) is 6. The number of phenols is 1. The van der Waals surface area contributed by atoms with E-state index in [1.165, 1.54) is 5.56 Å². The molecule has 0 fully saturated rings. The first-order chi connectivity index (χ1) is 18.5. The van der Waals surface area contributed by atoms with Crippen LogP contribution in [0.4, 0.5) is 0 Å². The van der Waals surface area contributed by atoms with E-state index >= 15 is 0 Å². The lowest BCUT2D eigenvalue weighted by molar-refractivity contribution is 0.393. The fourth-order valence-electron chi connectivity index (χ4n) is 4.35. The lowest BCUT2D eigenvalue weighted by atomic mass is 10.0. The largest absolute Gasteiger partial charge is 0.508 e. The van der Waals surface area contributed by atoms with Crippen LogP contribution in [0, 0.1) is 0 Å². The van der Waals surface area contributed by atoms with Crippen LogP contribution in [0.5, 0.6) is 40.2 Å². The highest BCUT2D eigenvalue weighted by Crippen LogP contribution is 2.32. The van der Waals surface area contributed by atoms with Gasteiger partial charge in [-0.25, -0.2) is 0 Å². The summed E-state index contributed by atoms with van der Waals surface area (Å²) in [6, 6.07) is 25.1. The number of methoxy groups -OCH3 is 4. The van der Waals surface area contributed by atoms with E-state index in [1.807, 2.05) is 60.7 Å². The quantitative estimate of drug-likeness (QED) is 0.225. The fourth-order valence-corrected chi connectivity index (χ4v) is 4.35. The van der Waals surface area contributed by atoms with Crippen molar-refractivity contribution in [2.75, 3.05) is 28.4 Å². The molecule has 4 aromatic carbocycles. The molecule has 6 heteroatoms. The smallest absolute Gasteiger partial charge is 0.131 e. The minimum atomic E-state index is 0.155. The van der Waals surface area contributed by atoms with Crippen molar-refractivity contribution in [3.8, 4) is 40.2 Å². The molecule has 6 nitrogen and oxygen atoms in total. The summed E-state index contributed by atoms with van der Waals surface area (Å²) >= 11 is 0. The summed E-state index contributed by atoms with van der Waals surface area (Å²) in [5.41, 5.74) is 4.33. The Kier molecular flexibility index (Phi) is 8.98. The maximum Gasteiger partial charge on any atom is 0.131 e. The van der Waals surface area contributed by atoms with Gasteiger partial charge in [0.05, 0.1) is 28.4 Å². The molecule has 0 spiro atoms. The Morgan fingerprint density at radius 2 is 0.868 bits per heavy atom. The second-order valence-electron chi connectivity index (χ2n) is 9.03. The molecular weight excluding hydrogens is 480 g/mol. The van der Waals surface area contributed by atoms with Crippen LogP contribution in [0.1, 0.15) is 22.3 Å². The van der Waals surface area contributed by atoms with Crippen molar-refractivity contribution >= 4 is 0 Å². The van der Waals surface area contributed by atoms with Crippen molar-refractivity contribution in [2.45, 2.75) is 25.7 Å². The van der Waals surface area contributed by atoms with Gasteiger partial charge in [-0.2, -0.15) is 0 Å². The van der Waals surface area contributed by atoms with Crippen LogP contribution in [0.3, 0.4) is 0 Å². The first-order valence-corrected chi connectivity index (χ1v) is 12.5. The van der Waals surface area contributed by atoms with Gasteiger partial charge in [0.15, 0.2) is 0 Å². The van der Waals surface area contributed by atoms with Gasteiger partial charge in [-0.1, -0.05) is 12.1 Å². The zero-order chi connectivity index (χ0) is 26.9. The van der Waals surface area contributed by atoms with Crippen LogP contribution in [0.2, 0.25) is 0 Å². The highest BCUT2D eigenvalue weighted by atomic mass is 16.5. The van der Waals surface area contributed by atoms with Crippen molar-refractivity contribution in [1.82, 2.24) is 0 Å². The predicted octanol–water partition coefficient (Wildman–Crippen LogP) is 6.79. The molecule has 0 aliphatic carbocycles. The van der Waals surface area contributed by atoms with Crippen molar-refractivity contribution in [3.05, 3.63) is 101 Å². The molecule has 0 bridgehead atoms.